The van der Waals surface area contributed by atoms with E-state index in [1.54, 1.807) is 25.1 Å². The Labute approximate surface area is 201 Å². The SMILES string of the molecule is CNC(=O)[C@H](C)N(Cc1ccc(Cl)cc1)C(=O)CCCN(c1cccc(C)c1C)S(C)(=O)=O. The fraction of sp³-hybridized carbons (Fsp3) is 0.417. The lowest BCUT2D eigenvalue weighted by Gasteiger charge is -2.29. The number of aryl methyl sites for hydroxylation is 1. The number of hydrogen-bond acceptors (Lipinski definition) is 4. The number of sulfonamides is 1. The second-order valence-electron chi connectivity index (χ2n) is 8.10. The van der Waals surface area contributed by atoms with Gasteiger partial charge in [-0.25, -0.2) is 8.42 Å². The Morgan fingerprint density at radius 3 is 2.30 bits per heavy atom. The van der Waals surface area contributed by atoms with Crippen LogP contribution in [0.1, 0.15) is 36.5 Å². The van der Waals surface area contributed by atoms with Crippen LogP contribution in [-0.2, 0) is 26.2 Å². The minimum atomic E-state index is -3.53. The Morgan fingerprint density at radius 1 is 1.09 bits per heavy atom. The van der Waals surface area contributed by atoms with E-state index in [4.69, 9.17) is 11.6 Å². The Bertz CT molecular complexity index is 1090. The first-order chi connectivity index (χ1) is 15.5. The summed E-state index contributed by atoms with van der Waals surface area (Å²) < 4.78 is 26.3. The fourth-order valence-corrected chi connectivity index (χ4v) is 4.71. The third kappa shape index (κ3) is 7.20. The second-order valence-corrected chi connectivity index (χ2v) is 10.4. The molecule has 1 atom stereocenters. The van der Waals surface area contributed by atoms with Crippen molar-refractivity contribution in [2.45, 2.75) is 46.2 Å². The van der Waals surface area contributed by atoms with Crippen LogP contribution in [0.25, 0.3) is 0 Å². The van der Waals surface area contributed by atoms with E-state index in [1.807, 2.05) is 38.1 Å². The molecule has 2 amide bonds. The van der Waals surface area contributed by atoms with E-state index in [9.17, 15) is 18.0 Å². The van der Waals surface area contributed by atoms with Crippen LogP contribution in [0.4, 0.5) is 5.69 Å². The largest absolute Gasteiger partial charge is 0.357 e. The van der Waals surface area contributed by atoms with Crippen molar-refractivity contribution >= 4 is 39.1 Å². The van der Waals surface area contributed by atoms with Crippen LogP contribution in [-0.4, -0.2) is 51.0 Å². The van der Waals surface area contributed by atoms with Crippen LogP contribution in [0, 0.1) is 13.8 Å². The topological polar surface area (TPSA) is 86.8 Å². The molecule has 7 nitrogen and oxygen atoms in total. The molecular formula is C24H32ClN3O4S. The van der Waals surface area contributed by atoms with Crippen LogP contribution in [0.3, 0.4) is 0 Å². The first kappa shape index (κ1) is 26.7. The summed E-state index contributed by atoms with van der Waals surface area (Å²) in [7, 11) is -2.00. The molecule has 0 aliphatic carbocycles. The van der Waals surface area contributed by atoms with E-state index >= 15 is 0 Å². The molecule has 0 saturated heterocycles. The highest BCUT2D eigenvalue weighted by Gasteiger charge is 2.26. The number of anilines is 1. The summed E-state index contributed by atoms with van der Waals surface area (Å²) in [5, 5.41) is 3.17. The van der Waals surface area contributed by atoms with Gasteiger partial charge in [-0.15, -0.1) is 0 Å². The molecule has 0 saturated carbocycles. The van der Waals surface area contributed by atoms with Gasteiger partial charge in [0.05, 0.1) is 11.9 Å². The van der Waals surface area contributed by atoms with Gasteiger partial charge in [0.15, 0.2) is 0 Å². The molecule has 0 radical (unpaired) electrons. The first-order valence-corrected chi connectivity index (χ1v) is 13.0. The zero-order valence-electron chi connectivity index (χ0n) is 19.8. The normalized spacial score (nSPS) is 12.2. The fourth-order valence-electron chi connectivity index (χ4n) is 3.57. The van der Waals surface area contributed by atoms with Gasteiger partial charge in [0.1, 0.15) is 6.04 Å². The van der Waals surface area contributed by atoms with E-state index in [0.29, 0.717) is 17.1 Å². The summed E-state index contributed by atoms with van der Waals surface area (Å²) in [6, 6.07) is 11.9. The lowest BCUT2D eigenvalue weighted by atomic mass is 10.1. The van der Waals surface area contributed by atoms with Crippen molar-refractivity contribution in [1.82, 2.24) is 10.2 Å². The van der Waals surface area contributed by atoms with E-state index in [0.717, 1.165) is 22.9 Å². The maximum atomic E-state index is 13.1. The third-order valence-corrected chi connectivity index (χ3v) is 7.11. The van der Waals surface area contributed by atoms with Gasteiger partial charge in [0.2, 0.25) is 21.8 Å². The summed E-state index contributed by atoms with van der Waals surface area (Å²) in [6.45, 7) is 5.89. The van der Waals surface area contributed by atoms with Gasteiger partial charge in [0.25, 0.3) is 0 Å². The van der Waals surface area contributed by atoms with Crippen molar-refractivity contribution in [1.29, 1.82) is 0 Å². The summed E-state index contributed by atoms with van der Waals surface area (Å²) >= 11 is 5.95. The molecule has 180 valence electrons. The number of halogens is 1. The summed E-state index contributed by atoms with van der Waals surface area (Å²) in [4.78, 5) is 26.9. The molecule has 0 spiro atoms. The summed E-state index contributed by atoms with van der Waals surface area (Å²) in [5.74, 6) is -0.499. The highest BCUT2D eigenvalue weighted by Crippen LogP contribution is 2.25. The van der Waals surface area contributed by atoms with Gasteiger partial charge in [-0.1, -0.05) is 35.9 Å². The molecule has 0 heterocycles. The molecule has 0 aromatic heterocycles. The van der Waals surface area contributed by atoms with Crippen molar-refractivity contribution in [3.05, 3.63) is 64.2 Å². The molecule has 2 aromatic rings. The van der Waals surface area contributed by atoms with E-state index in [-0.39, 0.29) is 31.3 Å². The molecular weight excluding hydrogens is 462 g/mol. The van der Waals surface area contributed by atoms with Crippen LogP contribution in [0.2, 0.25) is 5.02 Å². The van der Waals surface area contributed by atoms with Gasteiger partial charge in [0, 0.05) is 31.6 Å². The van der Waals surface area contributed by atoms with Crippen LogP contribution in [0.5, 0.6) is 0 Å². The number of nitrogens with zero attached hydrogens (tertiary/aromatic N) is 2. The number of benzene rings is 2. The molecule has 0 bridgehead atoms. The van der Waals surface area contributed by atoms with Crippen LogP contribution >= 0.6 is 11.6 Å². The predicted octanol–water partition coefficient (Wildman–Crippen LogP) is 3.67. The first-order valence-electron chi connectivity index (χ1n) is 10.7. The third-order valence-electron chi connectivity index (χ3n) is 5.68. The van der Waals surface area contributed by atoms with Crippen LogP contribution < -0.4 is 9.62 Å². The molecule has 0 aliphatic rings. The number of rotatable bonds is 10. The molecule has 0 fully saturated rings. The zero-order valence-corrected chi connectivity index (χ0v) is 21.3. The smallest absolute Gasteiger partial charge is 0.242 e. The number of hydrogen-bond donors (Lipinski definition) is 1. The minimum absolute atomic E-state index is 0.103. The molecule has 2 aromatic carbocycles. The van der Waals surface area contributed by atoms with Gasteiger partial charge < -0.3 is 10.2 Å². The maximum absolute atomic E-state index is 13.1. The van der Waals surface area contributed by atoms with Crippen molar-refractivity contribution in [3.8, 4) is 0 Å². The monoisotopic (exact) mass is 493 g/mol. The van der Waals surface area contributed by atoms with Gasteiger partial charge in [-0.3, -0.25) is 13.9 Å². The van der Waals surface area contributed by atoms with E-state index in [1.165, 1.54) is 16.3 Å². The Balaban J connectivity index is 2.17. The van der Waals surface area contributed by atoms with Gasteiger partial charge in [-0.05, 0) is 62.1 Å². The molecule has 0 aliphatic heterocycles. The number of likely N-dealkylation sites (N-methyl/N-ethyl adjacent to an activating group) is 1. The predicted molar refractivity (Wildman–Crippen MR) is 133 cm³/mol. The van der Waals surface area contributed by atoms with Gasteiger partial charge in [-0.2, -0.15) is 0 Å². The van der Waals surface area contributed by atoms with Crippen molar-refractivity contribution in [3.63, 3.8) is 0 Å². The molecule has 9 heteroatoms. The minimum Gasteiger partial charge on any atom is -0.357 e. The number of amides is 2. The quantitative estimate of drug-likeness (QED) is 0.547. The Kier molecular flexibility index (Phi) is 9.31. The van der Waals surface area contributed by atoms with E-state index in [2.05, 4.69) is 5.32 Å². The highest BCUT2D eigenvalue weighted by molar-refractivity contribution is 7.92. The van der Waals surface area contributed by atoms with Gasteiger partial charge >= 0.3 is 0 Å². The highest BCUT2D eigenvalue weighted by atomic mass is 35.5. The number of carbonyl (C=O) groups is 2. The lowest BCUT2D eigenvalue weighted by molar-refractivity contribution is -0.140. The zero-order chi connectivity index (χ0) is 24.8. The summed E-state index contributed by atoms with van der Waals surface area (Å²) in [5.41, 5.74) is 3.33. The number of carbonyl (C=O) groups excluding carboxylic acids is 2. The standard InChI is InChI=1S/C24H32ClN3O4S/c1-17-8-6-9-22(18(17)2)28(33(5,31)32)15-7-10-23(29)27(19(3)24(30)26-4)16-20-11-13-21(25)14-12-20/h6,8-9,11-14,19H,7,10,15-16H2,1-5H3,(H,26,30)/t19-/m0/s1. The maximum Gasteiger partial charge on any atom is 0.242 e. The Hall–Kier alpha value is -2.58. The average molecular weight is 494 g/mol. The Morgan fingerprint density at radius 2 is 1.73 bits per heavy atom. The van der Waals surface area contributed by atoms with Crippen molar-refractivity contribution in [2.75, 3.05) is 24.2 Å². The summed E-state index contributed by atoms with van der Waals surface area (Å²) in [6.07, 6.45) is 1.58. The second kappa shape index (κ2) is 11.5. The molecule has 1 N–H and O–H groups in total. The van der Waals surface area contributed by atoms with E-state index < -0.39 is 16.1 Å². The lowest BCUT2D eigenvalue weighted by Crippen LogP contribution is -2.46. The number of nitrogens with one attached hydrogen (secondary N) is 1. The molecule has 2 rings (SSSR count). The van der Waals surface area contributed by atoms with Crippen molar-refractivity contribution < 1.29 is 18.0 Å². The molecule has 33 heavy (non-hydrogen) atoms. The van der Waals surface area contributed by atoms with Crippen molar-refractivity contribution in [2.24, 2.45) is 0 Å². The van der Waals surface area contributed by atoms with Crippen LogP contribution in [0.15, 0.2) is 42.5 Å². The molecule has 0 unspecified atom stereocenters. The average Bonchev–Trinajstić information content (AvgIpc) is 2.76.